The third kappa shape index (κ3) is 2.82. The number of nitrogens with zero attached hydrogens (tertiary/aromatic N) is 3. The van der Waals surface area contributed by atoms with Crippen LogP contribution in [0.2, 0.25) is 0 Å². The second kappa shape index (κ2) is 5.75. The second-order valence-corrected chi connectivity index (χ2v) is 10.2. The highest BCUT2D eigenvalue weighted by atomic mass is 32.2. The monoisotopic (exact) mass is 389 g/mol. The Morgan fingerprint density at radius 3 is 2.62 bits per heavy atom. The topological polar surface area (TPSA) is 99.0 Å². The van der Waals surface area contributed by atoms with Crippen LogP contribution in [-0.4, -0.2) is 43.4 Å². The molecule has 4 rings (SSSR count). The lowest BCUT2D eigenvalue weighted by Crippen LogP contribution is -2.03. The fourth-order valence-corrected chi connectivity index (χ4v) is 5.12. The molecule has 0 N–H and O–H groups in total. The van der Waals surface area contributed by atoms with E-state index in [1.807, 2.05) is 12.1 Å². The van der Waals surface area contributed by atoms with Crippen molar-refractivity contribution in [2.24, 2.45) is 0 Å². The highest BCUT2D eigenvalue weighted by Crippen LogP contribution is 2.31. The molecule has 0 fully saturated rings. The van der Waals surface area contributed by atoms with Gasteiger partial charge in [0.1, 0.15) is 11.6 Å². The third-order valence-corrected chi connectivity index (χ3v) is 7.23. The van der Waals surface area contributed by atoms with Gasteiger partial charge in [0.05, 0.1) is 15.5 Å². The van der Waals surface area contributed by atoms with Gasteiger partial charge in [0.15, 0.2) is 19.7 Å². The maximum atomic E-state index is 12.2. The summed E-state index contributed by atoms with van der Waals surface area (Å²) in [6.07, 6.45) is 6.22. The van der Waals surface area contributed by atoms with E-state index in [1.54, 1.807) is 29.1 Å². The van der Waals surface area contributed by atoms with Crippen molar-refractivity contribution < 1.29 is 16.8 Å². The normalized spacial score (nSPS) is 15.7. The summed E-state index contributed by atoms with van der Waals surface area (Å²) in [6, 6.07) is 8.36. The summed E-state index contributed by atoms with van der Waals surface area (Å²) in [5, 5.41) is 0. The van der Waals surface area contributed by atoms with Gasteiger partial charge in [0, 0.05) is 30.4 Å². The molecule has 0 unspecified atom stereocenters. The number of aryl methyl sites for hydroxylation is 1. The molecular formula is C17H15N3O4S2. The Bertz CT molecular complexity index is 1210. The number of benzene rings is 1. The number of sulfone groups is 2. The van der Waals surface area contributed by atoms with Crippen LogP contribution >= 0.6 is 0 Å². The molecule has 0 atom stereocenters. The van der Waals surface area contributed by atoms with Crippen molar-refractivity contribution in [1.29, 1.82) is 0 Å². The van der Waals surface area contributed by atoms with Gasteiger partial charge in [-0.15, -0.1) is 0 Å². The quantitative estimate of drug-likeness (QED) is 0.676. The van der Waals surface area contributed by atoms with E-state index in [9.17, 15) is 16.8 Å². The zero-order valence-corrected chi connectivity index (χ0v) is 15.5. The average Bonchev–Trinajstić information content (AvgIpc) is 3.19. The number of hydrogen-bond acceptors (Lipinski definition) is 6. The Kier molecular flexibility index (Phi) is 3.74. The number of rotatable bonds is 3. The molecule has 2 aromatic heterocycles. The molecule has 0 saturated carbocycles. The van der Waals surface area contributed by atoms with Gasteiger partial charge in [-0.05, 0) is 30.2 Å². The van der Waals surface area contributed by atoms with Crippen LogP contribution in [0.25, 0.3) is 17.2 Å². The molecule has 26 heavy (non-hydrogen) atoms. The molecule has 0 bridgehead atoms. The van der Waals surface area contributed by atoms with E-state index in [4.69, 9.17) is 0 Å². The van der Waals surface area contributed by atoms with Crippen molar-refractivity contribution in [3.8, 4) is 17.2 Å². The van der Waals surface area contributed by atoms with E-state index in [2.05, 4.69) is 9.97 Å². The molecule has 1 aliphatic heterocycles. The molecule has 0 spiro atoms. The van der Waals surface area contributed by atoms with Crippen molar-refractivity contribution >= 4 is 19.7 Å². The van der Waals surface area contributed by atoms with Crippen LogP contribution in [0, 0.1) is 0 Å². The molecule has 0 aliphatic carbocycles. The number of imidazole rings is 1. The van der Waals surface area contributed by atoms with Gasteiger partial charge in [-0.3, -0.25) is 4.57 Å². The van der Waals surface area contributed by atoms with Crippen molar-refractivity contribution in [2.75, 3.05) is 12.0 Å². The first-order chi connectivity index (χ1) is 12.3. The predicted octanol–water partition coefficient (Wildman–Crippen LogP) is 1.67. The minimum Gasteiger partial charge on any atom is -0.284 e. The van der Waals surface area contributed by atoms with Crippen LogP contribution < -0.4 is 0 Å². The molecule has 134 valence electrons. The zero-order valence-electron chi connectivity index (χ0n) is 13.8. The van der Waals surface area contributed by atoms with Crippen LogP contribution in [0.4, 0.5) is 0 Å². The molecule has 1 aliphatic rings. The fraction of sp³-hybridized carbons (Fsp3) is 0.176. The van der Waals surface area contributed by atoms with Crippen molar-refractivity contribution in [3.05, 3.63) is 54.5 Å². The summed E-state index contributed by atoms with van der Waals surface area (Å²) >= 11 is 0. The van der Waals surface area contributed by atoms with Crippen LogP contribution in [0.3, 0.4) is 0 Å². The largest absolute Gasteiger partial charge is 0.284 e. The van der Waals surface area contributed by atoms with Crippen molar-refractivity contribution in [1.82, 2.24) is 14.5 Å². The van der Waals surface area contributed by atoms with Crippen molar-refractivity contribution in [2.45, 2.75) is 16.2 Å². The van der Waals surface area contributed by atoms with Crippen LogP contribution in [-0.2, 0) is 26.1 Å². The molecule has 1 aromatic carbocycles. The number of fused-ring (bicyclic) bond motifs is 1. The Balaban J connectivity index is 1.79. The lowest BCUT2D eigenvalue weighted by Gasteiger charge is -2.09. The third-order valence-electron chi connectivity index (χ3n) is 4.34. The van der Waals surface area contributed by atoms with Gasteiger partial charge in [0.25, 0.3) is 0 Å². The van der Waals surface area contributed by atoms with E-state index >= 15 is 0 Å². The first-order valence-corrected chi connectivity index (χ1v) is 11.4. The highest BCUT2D eigenvalue weighted by molar-refractivity contribution is 7.91. The molecule has 3 aromatic rings. The maximum absolute atomic E-state index is 12.2. The Morgan fingerprint density at radius 2 is 1.92 bits per heavy atom. The van der Waals surface area contributed by atoms with Crippen molar-refractivity contribution in [3.63, 3.8) is 0 Å². The minimum atomic E-state index is -3.32. The lowest BCUT2D eigenvalue weighted by atomic mass is 10.1. The Hall–Kier alpha value is -2.52. The molecular weight excluding hydrogens is 374 g/mol. The van der Waals surface area contributed by atoms with Crippen LogP contribution in [0.1, 0.15) is 5.56 Å². The summed E-state index contributed by atoms with van der Waals surface area (Å²) in [5.41, 5.74) is 1.48. The second-order valence-electron chi connectivity index (χ2n) is 6.14. The van der Waals surface area contributed by atoms with E-state index in [-0.39, 0.29) is 10.6 Å². The van der Waals surface area contributed by atoms with E-state index in [0.717, 1.165) is 11.8 Å². The van der Waals surface area contributed by atoms with Gasteiger partial charge < -0.3 is 0 Å². The van der Waals surface area contributed by atoms with Crippen LogP contribution in [0.5, 0.6) is 0 Å². The van der Waals surface area contributed by atoms with Gasteiger partial charge in [0.2, 0.25) is 0 Å². The standard InChI is InChI=1S/C17H15N3O4S2/c1-25(21,22)14-4-5-16(19-11-14)20-8-7-18-17(20)13-3-2-12-6-9-26(23,24)15(12)10-13/h2-5,7-8,10-11H,6,9H2,1H3. The van der Waals surface area contributed by atoms with E-state index < -0.39 is 19.7 Å². The summed E-state index contributed by atoms with van der Waals surface area (Å²) in [6.45, 7) is 0. The summed E-state index contributed by atoms with van der Waals surface area (Å²) in [7, 11) is -6.56. The molecule has 0 radical (unpaired) electrons. The Labute approximate surface area is 151 Å². The highest BCUT2D eigenvalue weighted by Gasteiger charge is 2.27. The first-order valence-electron chi connectivity index (χ1n) is 7.82. The summed E-state index contributed by atoms with van der Waals surface area (Å²) < 4.78 is 49.2. The molecule has 9 heteroatoms. The van der Waals surface area contributed by atoms with Gasteiger partial charge in [-0.25, -0.2) is 26.8 Å². The predicted molar refractivity (Wildman–Crippen MR) is 95.7 cm³/mol. The fourth-order valence-electron chi connectivity index (χ4n) is 2.98. The Morgan fingerprint density at radius 1 is 1.12 bits per heavy atom. The molecule has 7 nitrogen and oxygen atoms in total. The van der Waals surface area contributed by atoms with E-state index in [1.165, 1.54) is 12.3 Å². The van der Waals surface area contributed by atoms with Gasteiger partial charge >= 0.3 is 0 Å². The SMILES string of the molecule is CS(=O)(=O)c1ccc(-n2ccnc2-c2ccc3c(c2)S(=O)(=O)CC3)nc1. The first kappa shape index (κ1) is 16.9. The zero-order chi connectivity index (χ0) is 18.5. The molecule has 0 saturated heterocycles. The summed E-state index contributed by atoms with van der Waals surface area (Å²) in [4.78, 5) is 9.00. The van der Waals surface area contributed by atoms with Gasteiger partial charge in [-0.2, -0.15) is 0 Å². The summed E-state index contributed by atoms with van der Waals surface area (Å²) in [5.74, 6) is 1.16. The van der Waals surface area contributed by atoms with E-state index in [0.29, 0.717) is 28.5 Å². The van der Waals surface area contributed by atoms with Crippen LogP contribution in [0.15, 0.2) is 58.7 Å². The average molecular weight is 389 g/mol. The molecule has 0 amide bonds. The lowest BCUT2D eigenvalue weighted by molar-refractivity contribution is 0.599. The number of aromatic nitrogens is 3. The maximum Gasteiger partial charge on any atom is 0.179 e. The number of pyridine rings is 1. The number of hydrogen-bond donors (Lipinski definition) is 0. The smallest absolute Gasteiger partial charge is 0.179 e. The van der Waals surface area contributed by atoms with Gasteiger partial charge in [-0.1, -0.05) is 12.1 Å². The molecule has 3 heterocycles. The minimum absolute atomic E-state index is 0.131.